The van der Waals surface area contributed by atoms with Crippen LogP contribution in [-0.2, 0) is 16.4 Å². The molecule has 1 aromatic carbocycles. The maximum atomic E-state index is 12.3. The normalized spacial score (nSPS) is 14.4. The predicted molar refractivity (Wildman–Crippen MR) is 78.5 cm³/mol. The van der Waals surface area contributed by atoms with Gasteiger partial charge in [-0.25, -0.2) is 13.1 Å². The van der Waals surface area contributed by atoms with Gasteiger partial charge in [-0.2, -0.15) is 0 Å². The van der Waals surface area contributed by atoms with E-state index in [0.717, 1.165) is 18.4 Å². The van der Waals surface area contributed by atoms with Gasteiger partial charge in [-0.15, -0.1) is 0 Å². The number of aryl methyl sites for hydroxylation is 1. The molecule has 3 N–H and O–H groups in total. The first-order valence-corrected chi connectivity index (χ1v) is 8.06. The molecule has 108 valence electrons. The van der Waals surface area contributed by atoms with Crippen molar-refractivity contribution in [2.75, 3.05) is 0 Å². The summed E-state index contributed by atoms with van der Waals surface area (Å²) in [4.78, 5) is 0.279. The van der Waals surface area contributed by atoms with Crippen LogP contribution in [0.3, 0.4) is 0 Å². The summed E-state index contributed by atoms with van der Waals surface area (Å²) in [5, 5.41) is 0. The first-order valence-electron chi connectivity index (χ1n) is 6.57. The van der Waals surface area contributed by atoms with Gasteiger partial charge in [-0.05, 0) is 44.9 Å². The van der Waals surface area contributed by atoms with Crippen molar-refractivity contribution in [2.24, 2.45) is 5.73 Å². The Bertz CT molecular complexity index is 505. The standard InChI is InChI=1S/C14H24N2O2S/c1-5-6-12-7-9-13(10-8-12)19(17,18)16-14(3,4)11(2)15/h7-11,16H,5-6,15H2,1-4H3. The van der Waals surface area contributed by atoms with Gasteiger partial charge in [-0.1, -0.05) is 25.5 Å². The van der Waals surface area contributed by atoms with E-state index >= 15 is 0 Å². The van der Waals surface area contributed by atoms with Gasteiger partial charge >= 0.3 is 0 Å². The highest BCUT2D eigenvalue weighted by atomic mass is 32.2. The van der Waals surface area contributed by atoms with Gasteiger partial charge in [0.2, 0.25) is 10.0 Å². The molecule has 1 rings (SSSR count). The van der Waals surface area contributed by atoms with Crippen molar-refractivity contribution < 1.29 is 8.42 Å². The van der Waals surface area contributed by atoms with Crippen LogP contribution in [0.5, 0.6) is 0 Å². The second-order valence-corrected chi connectivity index (χ2v) is 7.19. The number of rotatable bonds is 6. The van der Waals surface area contributed by atoms with Crippen molar-refractivity contribution in [3.8, 4) is 0 Å². The fourth-order valence-electron chi connectivity index (χ4n) is 1.62. The van der Waals surface area contributed by atoms with Gasteiger partial charge in [0.05, 0.1) is 4.90 Å². The smallest absolute Gasteiger partial charge is 0.241 e. The van der Waals surface area contributed by atoms with Crippen LogP contribution in [0.4, 0.5) is 0 Å². The van der Waals surface area contributed by atoms with E-state index in [-0.39, 0.29) is 10.9 Å². The Morgan fingerprint density at radius 3 is 2.21 bits per heavy atom. The molecule has 0 heterocycles. The molecule has 0 fully saturated rings. The van der Waals surface area contributed by atoms with E-state index in [1.54, 1.807) is 32.9 Å². The van der Waals surface area contributed by atoms with Gasteiger partial charge < -0.3 is 5.73 Å². The summed E-state index contributed by atoms with van der Waals surface area (Å²) in [6.07, 6.45) is 2.00. The fraction of sp³-hybridized carbons (Fsp3) is 0.571. The molecule has 0 aliphatic heterocycles. The number of hydrogen-bond donors (Lipinski definition) is 2. The zero-order valence-electron chi connectivity index (χ0n) is 12.1. The van der Waals surface area contributed by atoms with E-state index in [1.807, 2.05) is 12.1 Å². The maximum Gasteiger partial charge on any atom is 0.241 e. The molecule has 0 saturated carbocycles. The zero-order chi connectivity index (χ0) is 14.7. The van der Waals surface area contributed by atoms with Crippen LogP contribution < -0.4 is 10.5 Å². The average Bonchev–Trinajstić information content (AvgIpc) is 2.28. The Labute approximate surface area is 116 Å². The highest BCUT2D eigenvalue weighted by Gasteiger charge is 2.29. The monoisotopic (exact) mass is 284 g/mol. The van der Waals surface area contributed by atoms with E-state index in [0.29, 0.717) is 0 Å². The summed E-state index contributed by atoms with van der Waals surface area (Å²) in [5.41, 5.74) is 6.26. The Morgan fingerprint density at radius 2 is 1.79 bits per heavy atom. The van der Waals surface area contributed by atoms with Crippen LogP contribution in [0.2, 0.25) is 0 Å². The van der Waals surface area contributed by atoms with Crippen LogP contribution in [0.15, 0.2) is 29.2 Å². The van der Waals surface area contributed by atoms with Gasteiger partial charge in [-0.3, -0.25) is 0 Å². The third-order valence-corrected chi connectivity index (χ3v) is 5.00. The molecule has 0 amide bonds. The average molecular weight is 284 g/mol. The topological polar surface area (TPSA) is 72.2 Å². The van der Waals surface area contributed by atoms with Crippen molar-refractivity contribution in [1.29, 1.82) is 0 Å². The van der Waals surface area contributed by atoms with Crippen LogP contribution in [-0.4, -0.2) is 20.0 Å². The molecule has 1 unspecified atom stereocenters. The number of nitrogens with two attached hydrogens (primary N) is 1. The van der Waals surface area contributed by atoms with Crippen LogP contribution >= 0.6 is 0 Å². The lowest BCUT2D eigenvalue weighted by Gasteiger charge is -2.29. The van der Waals surface area contributed by atoms with E-state index in [9.17, 15) is 8.42 Å². The minimum Gasteiger partial charge on any atom is -0.326 e. The highest BCUT2D eigenvalue weighted by molar-refractivity contribution is 7.89. The molecule has 0 saturated heterocycles. The SMILES string of the molecule is CCCc1ccc(S(=O)(=O)NC(C)(C)C(C)N)cc1. The molecule has 4 nitrogen and oxygen atoms in total. The molecule has 5 heteroatoms. The molecule has 0 aliphatic rings. The summed E-state index contributed by atoms with van der Waals surface area (Å²) in [7, 11) is -3.52. The van der Waals surface area contributed by atoms with Gasteiger partial charge in [0.1, 0.15) is 0 Å². The quantitative estimate of drug-likeness (QED) is 0.839. The fourth-order valence-corrected chi connectivity index (χ4v) is 3.11. The maximum absolute atomic E-state index is 12.3. The minimum atomic E-state index is -3.52. The van der Waals surface area contributed by atoms with Crippen LogP contribution in [0.1, 0.15) is 39.7 Å². The van der Waals surface area contributed by atoms with Gasteiger partial charge in [0.15, 0.2) is 0 Å². The molecule has 0 spiro atoms. The molecular weight excluding hydrogens is 260 g/mol. The predicted octanol–water partition coefficient (Wildman–Crippen LogP) is 2.04. The second kappa shape index (κ2) is 6.03. The van der Waals surface area contributed by atoms with E-state index in [2.05, 4.69) is 11.6 Å². The molecular formula is C14H24N2O2S. The van der Waals surface area contributed by atoms with Crippen molar-refractivity contribution in [3.05, 3.63) is 29.8 Å². The molecule has 1 atom stereocenters. The minimum absolute atomic E-state index is 0.276. The third kappa shape index (κ3) is 4.30. The van der Waals surface area contributed by atoms with Gasteiger partial charge in [0.25, 0.3) is 0 Å². The molecule has 0 aliphatic carbocycles. The Kier molecular flexibility index (Phi) is 5.12. The summed E-state index contributed by atoms with van der Waals surface area (Å²) >= 11 is 0. The van der Waals surface area contributed by atoms with Crippen LogP contribution in [0, 0.1) is 0 Å². The third-order valence-electron chi connectivity index (χ3n) is 3.31. The lowest BCUT2D eigenvalue weighted by molar-refractivity contribution is 0.387. The van der Waals surface area contributed by atoms with Crippen molar-refractivity contribution in [2.45, 2.75) is 57.0 Å². The van der Waals surface area contributed by atoms with E-state index in [4.69, 9.17) is 5.73 Å². The van der Waals surface area contributed by atoms with E-state index in [1.165, 1.54) is 0 Å². The van der Waals surface area contributed by atoms with Crippen molar-refractivity contribution in [1.82, 2.24) is 4.72 Å². The molecule has 1 aromatic rings. The lowest BCUT2D eigenvalue weighted by atomic mass is 9.99. The highest BCUT2D eigenvalue weighted by Crippen LogP contribution is 2.16. The number of nitrogens with one attached hydrogen (secondary N) is 1. The molecule has 0 bridgehead atoms. The largest absolute Gasteiger partial charge is 0.326 e. The Morgan fingerprint density at radius 1 is 1.26 bits per heavy atom. The number of hydrogen-bond acceptors (Lipinski definition) is 3. The summed E-state index contributed by atoms with van der Waals surface area (Å²) in [5.74, 6) is 0. The van der Waals surface area contributed by atoms with E-state index < -0.39 is 15.6 Å². The van der Waals surface area contributed by atoms with Gasteiger partial charge in [0, 0.05) is 11.6 Å². The lowest BCUT2D eigenvalue weighted by Crippen LogP contribution is -2.54. The van der Waals surface area contributed by atoms with Crippen molar-refractivity contribution >= 4 is 10.0 Å². The summed E-state index contributed by atoms with van der Waals surface area (Å²) in [6, 6.07) is 6.73. The zero-order valence-corrected chi connectivity index (χ0v) is 12.9. The summed E-state index contributed by atoms with van der Waals surface area (Å²) < 4.78 is 27.2. The Balaban J connectivity index is 2.95. The molecule has 19 heavy (non-hydrogen) atoms. The number of benzene rings is 1. The first-order chi connectivity index (χ1) is 8.69. The number of sulfonamides is 1. The summed E-state index contributed by atoms with van der Waals surface area (Å²) in [6.45, 7) is 7.44. The first kappa shape index (κ1) is 16.1. The Hall–Kier alpha value is -0.910. The molecule has 0 aromatic heterocycles. The van der Waals surface area contributed by atoms with Crippen LogP contribution in [0.25, 0.3) is 0 Å². The molecule has 0 radical (unpaired) electrons. The van der Waals surface area contributed by atoms with Crippen molar-refractivity contribution in [3.63, 3.8) is 0 Å². The second-order valence-electron chi connectivity index (χ2n) is 5.51.